The van der Waals surface area contributed by atoms with Gasteiger partial charge in [-0.1, -0.05) is 12.8 Å². The Kier molecular flexibility index (Phi) is 6.71. The van der Waals surface area contributed by atoms with Gasteiger partial charge in [0, 0.05) is 44.0 Å². The van der Waals surface area contributed by atoms with Gasteiger partial charge in [0.2, 0.25) is 0 Å². The summed E-state index contributed by atoms with van der Waals surface area (Å²) >= 11 is 0. The second-order valence-electron chi connectivity index (χ2n) is 6.11. The van der Waals surface area contributed by atoms with E-state index < -0.39 is 0 Å². The molecule has 2 unspecified atom stereocenters. The summed E-state index contributed by atoms with van der Waals surface area (Å²) in [6, 6.07) is 0.0107. The third kappa shape index (κ3) is 5.02. The molecule has 3 N–H and O–H groups in total. The lowest BCUT2D eigenvalue weighted by Crippen LogP contribution is -2.47. The number of aliphatic hydroxyl groups excluding tert-OH is 1. The molecule has 1 fully saturated rings. The molecule has 1 aliphatic rings. The highest BCUT2D eigenvalue weighted by Gasteiger charge is 2.25. The van der Waals surface area contributed by atoms with Crippen molar-refractivity contribution in [3.8, 4) is 0 Å². The molecule has 0 radical (unpaired) electrons. The molecule has 2 amide bonds. The number of aliphatic hydroxyl groups is 1. The third-order valence-corrected chi connectivity index (χ3v) is 4.50. The second-order valence-corrected chi connectivity index (χ2v) is 6.11. The van der Waals surface area contributed by atoms with Crippen LogP contribution in [0.15, 0.2) is 12.4 Å². The van der Waals surface area contributed by atoms with E-state index in [1.807, 2.05) is 19.3 Å². The van der Waals surface area contributed by atoms with Gasteiger partial charge in [-0.15, -0.1) is 0 Å². The molecular formula is C16H28N4O2. The van der Waals surface area contributed by atoms with Gasteiger partial charge in [-0.2, -0.15) is 0 Å². The number of carbonyl (C=O) groups is 1. The molecule has 0 aromatic carbocycles. The summed E-state index contributed by atoms with van der Waals surface area (Å²) in [5.41, 5.74) is 0. The van der Waals surface area contributed by atoms with Gasteiger partial charge in [0.05, 0.1) is 0 Å². The molecule has 1 aromatic heterocycles. The van der Waals surface area contributed by atoms with Crippen LogP contribution in [0, 0.1) is 12.8 Å². The van der Waals surface area contributed by atoms with Gasteiger partial charge in [0.1, 0.15) is 5.82 Å². The standard InChI is InChI=1S/C16H28N4O2/c1-13-17-9-11-20(13)10-5-4-8-18-16(22)19-15-7-3-2-6-14(15)12-21/h9,11,14-15,21H,2-8,10,12H2,1H3,(H2,18,19,22). The zero-order chi connectivity index (χ0) is 15.8. The molecule has 0 aliphatic heterocycles. The highest BCUT2D eigenvalue weighted by Crippen LogP contribution is 2.23. The zero-order valence-corrected chi connectivity index (χ0v) is 13.4. The van der Waals surface area contributed by atoms with Crippen LogP contribution in [0.4, 0.5) is 4.79 Å². The Morgan fingerprint density at radius 1 is 1.41 bits per heavy atom. The molecule has 22 heavy (non-hydrogen) atoms. The van der Waals surface area contributed by atoms with E-state index >= 15 is 0 Å². The number of nitrogens with one attached hydrogen (secondary N) is 2. The number of aromatic nitrogens is 2. The summed E-state index contributed by atoms with van der Waals surface area (Å²) in [7, 11) is 0. The Labute approximate surface area is 132 Å². The summed E-state index contributed by atoms with van der Waals surface area (Å²) < 4.78 is 2.12. The van der Waals surface area contributed by atoms with Gasteiger partial charge >= 0.3 is 6.03 Å². The van der Waals surface area contributed by atoms with Gasteiger partial charge in [0.25, 0.3) is 0 Å². The predicted octanol–water partition coefficient (Wildman–Crippen LogP) is 1.82. The fraction of sp³-hybridized carbons (Fsp3) is 0.750. The maximum atomic E-state index is 11.9. The summed E-state index contributed by atoms with van der Waals surface area (Å²) in [5.74, 6) is 1.24. The van der Waals surface area contributed by atoms with Gasteiger partial charge < -0.3 is 20.3 Å². The maximum Gasteiger partial charge on any atom is 0.315 e. The van der Waals surface area contributed by atoms with E-state index in [0.29, 0.717) is 6.54 Å². The average Bonchev–Trinajstić information content (AvgIpc) is 2.93. The molecule has 1 saturated carbocycles. The quantitative estimate of drug-likeness (QED) is 0.672. The fourth-order valence-corrected chi connectivity index (χ4v) is 3.08. The van der Waals surface area contributed by atoms with Crippen LogP contribution in [0.2, 0.25) is 0 Å². The van der Waals surface area contributed by atoms with Gasteiger partial charge in [-0.05, 0) is 32.6 Å². The van der Waals surface area contributed by atoms with E-state index in [4.69, 9.17) is 0 Å². The van der Waals surface area contributed by atoms with Crippen LogP contribution in [-0.2, 0) is 6.54 Å². The van der Waals surface area contributed by atoms with Crippen molar-refractivity contribution < 1.29 is 9.90 Å². The number of hydrogen-bond acceptors (Lipinski definition) is 3. The molecule has 6 nitrogen and oxygen atoms in total. The smallest absolute Gasteiger partial charge is 0.315 e. The van der Waals surface area contributed by atoms with Crippen LogP contribution >= 0.6 is 0 Å². The first kappa shape index (κ1) is 16.8. The van der Waals surface area contributed by atoms with E-state index in [-0.39, 0.29) is 24.6 Å². The molecule has 0 bridgehead atoms. The minimum Gasteiger partial charge on any atom is -0.396 e. The number of unbranched alkanes of at least 4 members (excludes halogenated alkanes) is 1. The predicted molar refractivity (Wildman–Crippen MR) is 85.6 cm³/mol. The fourth-order valence-electron chi connectivity index (χ4n) is 3.08. The number of imidazole rings is 1. The van der Waals surface area contributed by atoms with Crippen LogP contribution in [-0.4, -0.2) is 39.9 Å². The normalized spacial score (nSPS) is 21.5. The first-order valence-corrected chi connectivity index (χ1v) is 8.33. The summed E-state index contributed by atoms with van der Waals surface area (Å²) in [6.45, 7) is 3.77. The van der Waals surface area contributed by atoms with Crippen molar-refractivity contribution in [3.05, 3.63) is 18.2 Å². The molecule has 2 atom stereocenters. The van der Waals surface area contributed by atoms with Gasteiger partial charge in [-0.25, -0.2) is 9.78 Å². The van der Waals surface area contributed by atoms with Crippen molar-refractivity contribution >= 4 is 6.03 Å². The number of amides is 2. The van der Waals surface area contributed by atoms with Crippen LogP contribution < -0.4 is 10.6 Å². The SMILES string of the molecule is Cc1nccn1CCCCNC(=O)NC1CCCCC1CO. The van der Waals surface area contributed by atoms with Crippen molar-refractivity contribution in [2.45, 2.75) is 58.0 Å². The Balaban J connectivity index is 1.58. The summed E-state index contributed by atoms with van der Waals surface area (Å²) in [5, 5.41) is 15.3. The molecule has 124 valence electrons. The third-order valence-electron chi connectivity index (χ3n) is 4.50. The van der Waals surface area contributed by atoms with E-state index in [1.165, 1.54) is 0 Å². The minimum atomic E-state index is -0.107. The van der Waals surface area contributed by atoms with Crippen LogP contribution in [0.25, 0.3) is 0 Å². The molecule has 0 saturated heterocycles. The number of aryl methyl sites for hydroxylation is 2. The number of nitrogens with zero attached hydrogens (tertiary/aromatic N) is 2. The van der Waals surface area contributed by atoms with E-state index in [2.05, 4.69) is 20.2 Å². The van der Waals surface area contributed by atoms with Crippen molar-refractivity contribution in [1.29, 1.82) is 0 Å². The molecule has 1 aromatic rings. The highest BCUT2D eigenvalue weighted by atomic mass is 16.3. The summed E-state index contributed by atoms with van der Waals surface area (Å²) in [6.07, 6.45) is 10.0. The Bertz CT molecular complexity index is 461. The lowest BCUT2D eigenvalue weighted by Gasteiger charge is -2.30. The van der Waals surface area contributed by atoms with Gasteiger partial charge in [0.15, 0.2) is 0 Å². The van der Waals surface area contributed by atoms with E-state index in [0.717, 1.165) is 50.9 Å². The largest absolute Gasteiger partial charge is 0.396 e. The molecular weight excluding hydrogens is 280 g/mol. The minimum absolute atomic E-state index is 0.107. The van der Waals surface area contributed by atoms with Crippen LogP contribution in [0.3, 0.4) is 0 Å². The number of urea groups is 1. The average molecular weight is 308 g/mol. The number of hydrogen-bond donors (Lipinski definition) is 3. The van der Waals surface area contributed by atoms with Crippen molar-refractivity contribution in [2.75, 3.05) is 13.2 Å². The molecule has 1 aliphatic carbocycles. The molecule has 6 heteroatoms. The molecule has 1 heterocycles. The Morgan fingerprint density at radius 3 is 2.95 bits per heavy atom. The van der Waals surface area contributed by atoms with E-state index in [1.54, 1.807) is 0 Å². The lowest BCUT2D eigenvalue weighted by atomic mass is 9.85. The second kappa shape index (κ2) is 8.78. The van der Waals surface area contributed by atoms with Crippen molar-refractivity contribution in [2.24, 2.45) is 5.92 Å². The topological polar surface area (TPSA) is 79.2 Å². The number of carbonyl (C=O) groups excluding carboxylic acids is 1. The highest BCUT2D eigenvalue weighted by molar-refractivity contribution is 5.74. The lowest BCUT2D eigenvalue weighted by molar-refractivity contribution is 0.153. The summed E-state index contributed by atoms with van der Waals surface area (Å²) in [4.78, 5) is 16.1. The van der Waals surface area contributed by atoms with Gasteiger partial charge in [-0.3, -0.25) is 0 Å². The number of rotatable bonds is 7. The first-order chi connectivity index (χ1) is 10.7. The van der Waals surface area contributed by atoms with E-state index in [9.17, 15) is 9.90 Å². The Hall–Kier alpha value is -1.56. The van der Waals surface area contributed by atoms with Crippen LogP contribution in [0.1, 0.15) is 44.3 Å². The molecule has 0 spiro atoms. The Morgan fingerprint density at radius 2 is 2.23 bits per heavy atom. The maximum absolute atomic E-state index is 11.9. The van der Waals surface area contributed by atoms with Crippen molar-refractivity contribution in [3.63, 3.8) is 0 Å². The molecule has 2 rings (SSSR count). The monoisotopic (exact) mass is 308 g/mol. The van der Waals surface area contributed by atoms with Crippen molar-refractivity contribution in [1.82, 2.24) is 20.2 Å². The first-order valence-electron chi connectivity index (χ1n) is 8.33. The van der Waals surface area contributed by atoms with Crippen LogP contribution in [0.5, 0.6) is 0 Å². The zero-order valence-electron chi connectivity index (χ0n) is 13.4.